The van der Waals surface area contributed by atoms with E-state index in [0.717, 1.165) is 0 Å². The molecule has 1 aromatic rings. The normalized spacial score (nSPS) is 29.7. The number of carbonyl (C=O) groups excluding carboxylic acids is 2. The first kappa shape index (κ1) is 14.8. The molecule has 0 radical (unpaired) electrons. The topological polar surface area (TPSA) is 85.9 Å². The average molecular weight is 306 g/mol. The second kappa shape index (κ2) is 6.33. The second-order valence-electron chi connectivity index (χ2n) is 5.34. The van der Waals surface area contributed by atoms with Crippen molar-refractivity contribution in [3.63, 3.8) is 0 Å². The molecular weight excluding hydrogens is 288 g/mol. The predicted octanol–water partition coefficient (Wildman–Crippen LogP) is 0.906. The van der Waals surface area contributed by atoms with E-state index >= 15 is 0 Å². The van der Waals surface area contributed by atoms with Crippen molar-refractivity contribution in [1.82, 2.24) is 5.32 Å². The summed E-state index contributed by atoms with van der Waals surface area (Å²) >= 11 is 0. The van der Waals surface area contributed by atoms with Crippen molar-refractivity contribution < 1.29 is 23.8 Å². The number of ether oxygens (including phenoxy) is 3. The lowest BCUT2D eigenvalue weighted by Crippen LogP contribution is -2.43. The van der Waals surface area contributed by atoms with Gasteiger partial charge in [0, 0.05) is 12.6 Å². The van der Waals surface area contributed by atoms with Crippen LogP contribution in [0.3, 0.4) is 0 Å². The Morgan fingerprint density at radius 1 is 1.14 bits per heavy atom. The van der Waals surface area contributed by atoms with Gasteiger partial charge in [0.05, 0.1) is 19.3 Å². The molecule has 0 aromatic heterocycles. The zero-order chi connectivity index (χ0) is 15.5. The molecule has 2 N–H and O–H groups in total. The van der Waals surface area contributed by atoms with Crippen LogP contribution in [0.4, 0.5) is 10.5 Å². The van der Waals surface area contributed by atoms with E-state index in [2.05, 4.69) is 10.6 Å². The first-order valence-electron chi connectivity index (χ1n) is 7.16. The summed E-state index contributed by atoms with van der Waals surface area (Å²) in [6.07, 6.45) is -1.66. The van der Waals surface area contributed by atoms with Gasteiger partial charge in [0.1, 0.15) is 12.2 Å². The van der Waals surface area contributed by atoms with E-state index in [1.165, 1.54) is 6.92 Å². The summed E-state index contributed by atoms with van der Waals surface area (Å²) in [6.45, 7) is 2.06. The van der Waals surface area contributed by atoms with Gasteiger partial charge in [0.15, 0.2) is 6.10 Å². The fourth-order valence-electron chi connectivity index (χ4n) is 2.76. The van der Waals surface area contributed by atoms with Crippen molar-refractivity contribution >= 4 is 17.7 Å². The molecule has 4 atom stereocenters. The number of para-hydroxylation sites is 1. The van der Waals surface area contributed by atoms with Gasteiger partial charge in [0.2, 0.25) is 5.91 Å². The van der Waals surface area contributed by atoms with Crippen molar-refractivity contribution in [1.29, 1.82) is 0 Å². The fraction of sp³-hybridized carbons (Fsp3) is 0.467. The van der Waals surface area contributed by atoms with Crippen LogP contribution in [0, 0.1) is 0 Å². The molecular formula is C15H18N2O5. The van der Waals surface area contributed by atoms with Crippen LogP contribution in [0.2, 0.25) is 0 Å². The van der Waals surface area contributed by atoms with E-state index in [0.29, 0.717) is 12.3 Å². The van der Waals surface area contributed by atoms with Crippen LogP contribution in [0.15, 0.2) is 30.3 Å². The Balaban J connectivity index is 1.54. The van der Waals surface area contributed by atoms with Gasteiger partial charge in [-0.05, 0) is 12.1 Å². The molecule has 2 aliphatic heterocycles. The third-order valence-electron chi connectivity index (χ3n) is 3.68. The lowest BCUT2D eigenvalue weighted by Gasteiger charge is -2.17. The standard InChI is InChI=1S/C15H18N2O5/c1-9(18)16-11-7-20-14-12(8-21-13(11)14)22-15(19)17-10-5-3-2-4-6-10/h2-6,11-14H,7-8H2,1H3,(H,16,18)(H,17,19)/t11-,12+,13+,14+/m0/s1. The van der Waals surface area contributed by atoms with Gasteiger partial charge >= 0.3 is 6.09 Å². The van der Waals surface area contributed by atoms with Gasteiger partial charge in [-0.25, -0.2) is 4.79 Å². The maximum Gasteiger partial charge on any atom is 0.412 e. The molecule has 7 heteroatoms. The van der Waals surface area contributed by atoms with E-state index in [9.17, 15) is 9.59 Å². The molecule has 0 saturated carbocycles. The summed E-state index contributed by atoms with van der Waals surface area (Å²) in [6, 6.07) is 8.85. The lowest BCUT2D eigenvalue weighted by molar-refractivity contribution is -0.120. The molecule has 0 spiro atoms. The highest BCUT2D eigenvalue weighted by molar-refractivity contribution is 5.84. The molecule has 2 aliphatic rings. The summed E-state index contributed by atoms with van der Waals surface area (Å²) in [5.41, 5.74) is 0.659. The summed E-state index contributed by atoms with van der Waals surface area (Å²) in [5.74, 6) is -0.135. The second-order valence-corrected chi connectivity index (χ2v) is 5.34. The summed E-state index contributed by atoms with van der Waals surface area (Å²) in [7, 11) is 0. The molecule has 2 saturated heterocycles. The molecule has 3 rings (SSSR count). The maximum atomic E-state index is 11.9. The SMILES string of the molecule is CC(=O)N[C@H]1CO[C@H]2[C@@H]1OC[C@H]2OC(=O)Nc1ccccc1. The van der Waals surface area contributed by atoms with Crippen molar-refractivity contribution in [2.75, 3.05) is 18.5 Å². The Morgan fingerprint density at radius 3 is 2.59 bits per heavy atom. The third kappa shape index (κ3) is 3.20. The van der Waals surface area contributed by atoms with E-state index < -0.39 is 12.2 Å². The van der Waals surface area contributed by atoms with Crippen LogP contribution < -0.4 is 10.6 Å². The Bertz CT molecular complexity index is 550. The van der Waals surface area contributed by atoms with Crippen molar-refractivity contribution in [3.05, 3.63) is 30.3 Å². The zero-order valence-electron chi connectivity index (χ0n) is 12.2. The molecule has 22 heavy (non-hydrogen) atoms. The number of benzene rings is 1. The molecule has 0 unspecified atom stereocenters. The van der Waals surface area contributed by atoms with Gasteiger partial charge in [0.25, 0.3) is 0 Å². The first-order chi connectivity index (χ1) is 10.6. The monoisotopic (exact) mass is 306 g/mol. The Morgan fingerprint density at radius 2 is 1.86 bits per heavy atom. The molecule has 1 aromatic carbocycles. The molecule has 0 aliphatic carbocycles. The van der Waals surface area contributed by atoms with Gasteiger partial charge in [-0.1, -0.05) is 18.2 Å². The summed E-state index contributed by atoms with van der Waals surface area (Å²) in [5, 5.41) is 5.43. The highest BCUT2D eigenvalue weighted by atomic mass is 16.6. The predicted molar refractivity (Wildman–Crippen MR) is 77.4 cm³/mol. The third-order valence-corrected chi connectivity index (χ3v) is 3.68. The number of rotatable bonds is 3. The van der Waals surface area contributed by atoms with Crippen molar-refractivity contribution in [2.24, 2.45) is 0 Å². The molecule has 0 bridgehead atoms. The fourth-order valence-corrected chi connectivity index (χ4v) is 2.76. The molecule has 2 heterocycles. The highest BCUT2D eigenvalue weighted by Gasteiger charge is 2.49. The lowest BCUT2D eigenvalue weighted by atomic mass is 10.1. The minimum atomic E-state index is -0.549. The molecule has 7 nitrogen and oxygen atoms in total. The van der Waals surface area contributed by atoms with Gasteiger partial charge in [-0.2, -0.15) is 0 Å². The number of anilines is 1. The molecule has 2 amide bonds. The smallest absolute Gasteiger partial charge is 0.412 e. The largest absolute Gasteiger partial charge is 0.441 e. The van der Waals surface area contributed by atoms with Gasteiger partial charge < -0.3 is 19.5 Å². The minimum Gasteiger partial charge on any atom is -0.441 e. The van der Waals surface area contributed by atoms with Crippen molar-refractivity contribution in [3.8, 4) is 0 Å². The number of fused-ring (bicyclic) bond motifs is 1. The summed E-state index contributed by atoms with van der Waals surface area (Å²) < 4.78 is 16.6. The Labute approximate surface area is 127 Å². The first-order valence-corrected chi connectivity index (χ1v) is 7.16. The number of carbonyl (C=O) groups is 2. The van der Waals surface area contributed by atoms with E-state index in [1.54, 1.807) is 12.1 Å². The Kier molecular flexibility index (Phi) is 4.26. The molecule has 118 valence electrons. The Hall–Kier alpha value is -2.12. The quantitative estimate of drug-likeness (QED) is 0.867. The number of hydrogen-bond acceptors (Lipinski definition) is 5. The van der Waals surface area contributed by atoms with Crippen LogP contribution in [0.1, 0.15) is 6.92 Å². The zero-order valence-corrected chi connectivity index (χ0v) is 12.2. The average Bonchev–Trinajstić information content (AvgIpc) is 3.04. The minimum absolute atomic E-state index is 0.135. The van der Waals surface area contributed by atoms with E-state index in [-0.39, 0.29) is 30.8 Å². The highest BCUT2D eigenvalue weighted by Crippen LogP contribution is 2.29. The number of nitrogens with one attached hydrogen (secondary N) is 2. The van der Waals surface area contributed by atoms with Crippen LogP contribution in [-0.4, -0.2) is 49.6 Å². The van der Waals surface area contributed by atoms with Crippen LogP contribution in [0.25, 0.3) is 0 Å². The van der Waals surface area contributed by atoms with Crippen molar-refractivity contribution in [2.45, 2.75) is 31.3 Å². The van der Waals surface area contributed by atoms with Crippen LogP contribution >= 0.6 is 0 Å². The van der Waals surface area contributed by atoms with Gasteiger partial charge in [-0.3, -0.25) is 10.1 Å². The molecule has 2 fully saturated rings. The summed E-state index contributed by atoms with van der Waals surface area (Å²) in [4.78, 5) is 23.0. The number of amides is 2. The van der Waals surface area contributed by atoms with Crippen LogP contribution in [0.5, 0.6) is 0 Å². The number of hydrogen-bond donors (Lipinski definition) is 2. The van der Waals surface area contributed by atoms with Gasteiger partial charge in [-0.15, -0.1) is 0 Å². The maximum absolute atomic E-state index is 11.9. The van der Waals surface area contributed by atoms with Crippen LogP contribution in [-0.2, 0) is 19.0 Å². The van der Waals surface area contributed by atoms with E-state index in [1.807, 2.05) is 18.2 Å². The van der Waals surface area contributed by atoms with E-state index in [4.69, 9.17) is 14.2 Å².